The number of hydrogen-bond acceptors (Lipinski definition) is 2. The summed E-state index contributed by atoms with van der Waals surface area (Å²) in [6.45, 7) is 2.12. The Labute approximate surface area is 129 Å². The number of rotatable bonds is 4. The number of hydrogen-bond donors (Lipinski definition) is 0. The Morgan fingerprint density at radius 2 is 1.82 bits per heavy atom. The van der Waals surface area contributed by atoms with Crippen LogP contribution in [0.3, 0.4) is 0 Å². The van der Waals surface area contributed by atoms with Crippen LogP contribution in [0.1, 0.15) is 30.2 Å². The summed E-state index contributed by atoms with van der Waals surface area (Å²) in [4.78, 5) is 12.3. The van der Waals surface area contributed by atoms with Crippen LogP contribution >= 0.6 is 0 Å². The standard InChI is InChI=1S/C20H18O2/c1-2-7-16-10-6-11-18-19(21)14-17(22-20(16)18)13-12-15-8-4-3-5-9-15/h3-6,8-14H,2,7H2,1H3. The zero-order valence-corrected chi connectivity index (χ0v) is 12.6. The first kappa shape index (κ1) is 14.3. The molecular weight excluding hydrogens is 272 g/mol. The second-order valence-corrected chi connectivity index (χ2v) is 5.30. The molecule has 22 heavy (non-hydrogen) atoms. The molecule has 0 saturated carbocycles. The predicted octanol–water partition coefficient (Wildman–Crippen LogP) is 4.92. The van der Waals surface area contributed by atoms with E-state index in [4.69, 9.17) is 4.42 Å². The molecule has 0 fully saturated rings. The van der Waals surface area contributed by atoms with Gasteiger partial charge in [0.15, 0.2) is 5.43 Å². The topological polar surface area (TPSA) is 30.2 Å². The van der Waals surface area contributed by atoms with Gasteiger partial charge in [-0.25, -0.2) is 0 Å². The molecule has 0 unspecified atom stereocenters. The highest BCUT2D eigenvalue weighted by Crippen LogP contribution is 2.20. The first-order valence-electron chi connectivity index (χ1n) is 7.57. The van der Waals surface area contributed by atoms with Crippen LogP contribution in [-0.4, -0.2) is 0 Å². The average molecular weight is 290 g/mol. The second-order valence-electron chi connectivity index (χ2n) is 5.30. The van der Waals surface area contributed by atoms with E-state index < -0.39 is 0 Å². The molecular formula is C20H18O2. The molecule has 2 nitrogen and oxygen atoms in total. The third-order valence-electron chi connectivity index (χ3n) is 3.61. The molecule has 0 radical (unpaired) electrons. The predicted molar refractivity (Wildman–Crippen MR) is 91.8 cm³/mol. The van der Waals surface area contributed by atoms with Gasteiger partial charge in [-0.1, -0.05) is 61.9 Å². The number of para-hydroxylation sites is 1. The van der Waals surface area contributed by atoms with E-state index >= 15 is 0 Å². The molecule has 0 bridgehead atoms. The monoisotopic (exact) mass is 290 g/mol. The lowest BCUT2D eigenvalue weighted by Gasteiger charge is -2.05. The van der Waals surface area contributed by atoms with Crippen molar-refractivity contribution < 1.29 is 4.42 Å². The summed E-state index contributed by atoms with van der Waals surface area (Å²) in [6.07, 6.45) is 5.73. The fourth-order valence-electron chi connectivity index (χ4n) is 2.54. The average Bonchev–Trinajstić information content (AvgIpc) is 2.55. The lowest BCUT2D eigenvalue weighted by Crippen LogP contribution is -2.02. The van der Waals surface area contributed by atoms with E-state index in [9.17, 15) is 4.79 Å². The Kier molecular flexibility index (Phi) is 4.19. The fourth-order valence-corrected chi connectivity index (χ4v) is 2.54. The van der Waals surface area contributed by atoms with Gasteiger partial charge in [0.1, 0.15) is 11.3 Å². The van der Waals surface area contributed by atoms with Gasteiger partial charge in [0, 0.05) is 6.07 Å². The maximum atomic E-state index is 12.3. The molecule has 0 aliphatic heterocycles. The van der Waals surface area contributed by atoms with Gasteiger partial charge in [-0.05, 0) is 29.7 Å². The summed E-state index contributed by atoms with van der Waals surface area (Å²) in [6, 6.07) is 17.3. The minimum atomic E-state index is 0.00640. The van der Waals surface area contributed by atoms with Gasteiger partial charge in [0.2, 0.25) is 0 Å². The van der Waals surface area contributed by atoms with Crippen LogP contribution in [0.25, 0.3) is 23.1 Å². The van der Waals surface area contributed by atoms with Crippen molar-refractivity contribution in [2.24, 2.45) is 0 Å². The largest absolute Gasteiger partial charge is 0.456 e. The molecule has 3 rings (SSSR count). The summed E-state index contributed by atoms with van der Waals surface area (Å²) >= 11 is 0. The molecule has 2 aromatic carbocycles. The summed E-state index contributed by atoms with van der Waals surface area (Å²) < 4.78 is 5.96. The van der Waals surface area contributed by atoms with E-state index in [1.165, 1.54) is 0 Å². The van der Waals surface area contributed by atoms with E-state index in [1.807, 2.05) is 60.7 Å². The Balaban J connectivity index is 2.06. The quantitative estimate of drug-likeness (QED) is 0.683. The van der Waals surface area contributed by atoms with Crippen molar-refractivity contribution in [3.05, 3.63) is 81.7 Å². The van der Waals surface area contributed by atoms with E-state index in [-0.39, 0.29) is 5.43 Å². The first-order valence-corrected chi connectivity index (χ1v) is 7.57. The number of aryl methyl sites for hydroxylation is 1. The molecule has 2 heteroatoms. The van der Waals surface area contributed by atoms with Crippen molar-refractivity contribution in [2.75, 3.05) is 0 Å². The van der Waals surface area contributed by atoms with Gasteiger partial charge in [-0.2, -0.15) is 0 Å². The van der Waals surface area contributed by atoms with Crippen molar-refractivity contribution in [1.29, 1.82) is 0 Å². The minimum Gasteiger partial charge on any atom is -0.456 e. The van der Waals surface area contributed by atoms with Crippen molar-refractivity contribution in [3.63, 3.8) is 0 Å². The minimum absolute atomic E-state index is 0.00640. The smallest absolute Gasteiger partial charge is 0.193 e. The van der Waals surface area contributed by atoms with Crippen LogP contribution in [0.5, 0.6) is 0 Å². The fraction of sp³-hybridized carbons (Fsp3) is 0.150. The molecule has 0 N–H and O–H groups in total. The Bertz CT molecular complexity index is 858. The molecule has 110 valence electrons. The van der Waals surface area contributed by atoms with Gasteiger partial charge in [-0.3, -0.25) is 4.79 Å². The lowest BCUT2D eigenvalue weighted by molar-refractivity contribution is 0.585. The first-order chi connectivity index (χ1) is 10.8. The van der Waals surface area contributed by atoms with E-state index in [0.29, 0.717) is 16.7 Å². The van der Waals surface area contributed by atoms with Gasteiger partial charge in [0.25, 0.3) is 0 Å². The highest BCUT2D eigenvalue weighted by Gasteiger charge is 2.07. The highest BCUT2D eigenvalue weighted by molar-refractivity contribution is 5.81. The van der Waals surface area contributed by atoms with Crippen molar-refractivity contribution >= 4 is 23.1 Å². The molecule has 0 aliphatic rings. The summed E-state index contributed by atoms with van der Waals surface area (Å²) in [7, 11) is 0. The molecule has 0 aliphatic carbocycles. The van der Waals surface area contributed by atoms with E-state index in [0.717, 1.165) is 24.0 Å². The maximum absolute atomic E-state index is 12.3. The molecule has 0 amide bonds. The third kappa shape index (κ3) is 3.01. The van der Waals surface area contributed by atoms with Crippen molar-refractivity contribution in [1.82, 2.24) is 0 Å². The van der Waals surface area contributed by atoms with Gasteiger partial charge < -0.3 is 4.42 Å². The molecule has 3 aromatic rings. The lowest BCUT2D eigenvalue weighted by atomic mass is 10.1. The second kappa shape index (κ2) is 6.44. The zero-order valence-electron chi connectivity index (χ0n) is 12.6. The molecule has 0 spiro atoms. The van der Waals surface area contributed by atoms with Crippen LogP contribution in [0.4, 0.5) is 0 Å². The van der Waals surface area contributed by atoms with Gasteiger partial charge in [-0.15, -0.1) is 0 Å². The maximum Gasteiger partial charge on any atom is 0.193 e. The Hall–Kier alpha value is -2.61. The molecule has 0 atom stereocenters. The summed E-state index contributed by atoms with van der Waals surface area (Å²) in [5, 5.41) is 0.655. The van der Waals surface area contributed by atoms with Crippen LogP contribution < -0.4 is 5.43 Å². The van der Waals surface area contributed by atoms with Crippen LogP contribution in [0, 0.1) is 0 Å². The van der Waals surface area contributed by atoms with Gasteiger partial charge in [0.05, 0.1) is 5.39 Å². The Morgan fingerprint density at radius 1 is 1.00 bits per heavy atom. The van der Waals surface area contributed by atoms with Gasteiger partial charge >= 0.3 is 0 Å². The van der Waals surface area contributed by atoms with Crippen molar-refractivity contribution in [3.8, 4) is 0 Å². The molecule has 1 aromatic heterocycles. The van der Waals surface area contributed by atoms with Crippen LogP contribution in [0.15, 0.2) is 63.8 Å². The summed E-state index contributed by atoms with van der Waals surface area (Å²) in [5.41, 5.74) is 2.88. The summed E-state index contributed by atoms with van der Waals surface area (Å²) in [5.74, 6) is 0.588. The van der Waals surface area contributed by atoms with E-state index in [1.54, 1.807) is 6.07 Å². The van der Waals surface area contributed by atoms with Crippen LogP contribution in [-0.2, 0) is 6.42 Å². The number of fused-ring (bicyclic) bond motifs is 1. The Morgan fingerprint density at radius 3 is 2.59 bits per heavy atom. The van der Waals surface area contributed by atoms with Crippen molar-refractivity contribution in [2.45, 2.75) is 19.8 Å². The number of benzene rings is 2. The van der Waals surface area contributed by atoms with Crippen LogP contribution in [0.2, 0.25) is 0 Å². The zero-order chi connectivity index (χ0) is 15.4. The highest BCUT2D eigenvalue weighted by atomic mass is 16.3. The van der Waals surface area contributed by atoms with E-state index in [2.05, 4.69) is 6.92 Å². The third-order valence-corrected chi connectivity index (χ3v) is 3.61. The molecule has 0 saturated heterocycles. The SMILES string of the molecule is CCCc1cccc2c(=O)cc(C=Cc3ccccc3)oc12. The normalized spacial score (nSPS) is 11.3. The molecule has 1 heterocycles.